The van der Waals surface area contributed by atoms with Crippen LogP contribution < -0.4 is 5.32 Å². The summed E-state index contributed by atoms with van der Waals surface area (Å²) in [7, 11) is 0. The Morgan fingerprint density at radius 2 is 1.60 bits per heavy atom. The van der Waals surface area contributed by atoms with E-state index in [0.717, 1.165) is 18.4 Å². The monoisotopic (exact) mass is 265 g/mol. The van der Waals surface area contributed by atoms with Crippen molar-refractivity contribution in [2.45, 2.75) is 25.8 Å². The van der Waals surface area contributed by atoms with Crippen LogP contribution in [0.4, 0.5) is 0 Å². The van der Waals surface area contributed by atoms with Gasteiger partial charge in [0.25, 0.3) is 0 Å². The molecule has 0 unspecified atom stereocenters. The smallest absolute Gasteiger partial charge is 0.223 e. The van der Waals surface area contributed by atoms with Gasteiger partial charge in [-0.2, -0.15) is 0 Å². The van der Waals surface area contributed by atoms with E-state index < -0.39 is 0 Å². The molecule has 1 N–H and O–H groups in total. The van der Waals surface area contributed by atoms with Gasteiger partial charge >= 0.3 is 0 Å². The summed E-state index contributed by atoms with van der Waals surface area (Å²) in [4.78, 5) is 11.8. The van der Waals surface area contributed by atoms with Gasteiger partial charge in [-0.1, -0.05) is 54.6 Å². The zero-order valence-electron chi connectivity index (χ0n) is 11.7. The largest absolute Gasteiger partial charge is 0.349 e. The van der Waals surface area contributed by atoms with Crippen molar-refractivity contribution >= 4 is 5.91 Å². The van der Waals surface area contributed by atoms with Gasteiger partial charge in [-0.05, 0) is 36.5 Å². The van der Waals surface area contributed by atoms with Crippen molar-refractivity contribution in [3.63, 3.8) is 0 Å². The van der Waals surface area contributed by atoms with Gasteiger partial charge in [0.05, 0.1) is 6.04 Å². The van der Waals surface area contributed by atoms with Crippen LogP contribution in [0.15, 0.2) is 54.6 Å². The molecule has 20 heavy (non-hydrogen) atoms. The fourth-order valence-electron chi connectivity index (χ4n) is 2.35. The lowest BCUT2D eigenvalue weighted by atomic mass is 10.0. The normalized spacial score (nSPS) is 15.7. The molecule has 1 aliphatic carbocycles. The third-order valence-corrected chi connectivity index (χ3v) is 3.82. The second kappa shape index (κ2) is 5.49. The lowest BCUT2D eigenvalue weighted by molar-refractivity contribution is -0.122. The van der Waals surface area contributed by atoms with Gasteiger partial charge in [-0.15, -0.1) is 0 Å². The first-order valence-corrected chi connectivity index (χ1v) is 7.20. The molecule has 2 heteroatoms. The molecule has 0 radical (unpaired) electrons. The Labute approximate surface area is 119 Å². The first-order chi connectivity index (χ1) is 9.74. The zero-order chi connectivity index (χ0) is 13.9. The van der Waals surface area contributed by atoms with E-state index in [2.05, 4.69) is 41.7 Å². The first-order valence-electron chi connectivity index (χ1n) is 7.20. The summed E-state index contributed by atoms with van der Waals surface area (Å²) in [5.41, 5.74) is 3.57. The summed E-state index contributed by atoms with van der Waals surface area (Å²) in [5, 5.41) is 3.08. The number of rotatable bonds is 4. The number of carbonyl (C=O) groups is 1. The molecule has 102 valence electrons. The highest BCUT2D eigenvalue weighted by Gasteiger charge is 2.30. The molecule has 0 spiro atoms. The number of benzene rings is 2. The third kappa shape index (κ3) is 2.90. The highest BCUT2D eigenvalue weighted by molar-refractivity contribution is 5.81. The van der Waals surface area contributed by atoms with Gasteiger partial charge in [0.15, 0.2) is 0 Å². The topological polar surface area (TPSA) is 29.1 Å². The molecule has 0 heterocycles. The van der Waals surface area contributed by atoms with Crippen LogP contribution in [0.25, 0.3) is 11.1 Å². The van der Waals surface area contributed by atoms with Crippen molar-refractivity contribution in [2.24, 2.45) is 5.92 Å². The van der Waals surface area contributed by atoms with Gasteiger partial charge in [-0.3, -0.25) is 4.79 Å². The van der Waals surface area contributed by atoms with E-state index in [9.17, 15) is 4.79 Å². The Hall–Kier alpha value is -2.09. The van der Waals surface area contributed by atoms with Gasteiger partial charge < -0.3 is 5.32 Å². The molecule has 0 saturated heterocycles. The van der Waals surface area contributed by atoms with Crippen LogP contribution in [-0.2, 0) is 4.79 Å². The summed E-state index contributed by atoms with van der Waals surface area (Å²) < 4.78 is 0. The maximum atomic E-state index is 11.8. The Kier molecular flexibility index (Phi) is 3.55. The first kappa shape index (κ1) is 12.9. The maximum absolute atomic E-state index is 11.8. The minimum Gasteiger partial charge on any atom is -0.349 e. The number of nitrogens with one attached hydrogen (secondary N) is 1. The Balaban J connectivity index is 1.70. The average molecular weight is 265 g/mol. The van der Waals surface area contributed by atoms with E-state index in [1.165, 1.54) is 11.1 Å². The van der Waals surface area contributed by atoms with Crippen molar-refractivity contribution in [3.05, 3.63) is 60.2 Å². The number of amides is 1. The molecular formula is C18H19NO. The van der Waals surface area contributed by atoms with Crippen LogP contribution in [0.2, 0.25) is 0 Å². The third-order valence-electron chi connectivity index (χ3n) is 3.82. The predicted octanol–water partition coefficient (Wildman–Crippen LogP) is 3.94. The summed E-state index contributed by atoms with van der Waals surface area (Å²) in [6, 6.07) is 18.8. The van der Waals surface area contributed by atoms with Crippen LogP contribution in [0, 0.1) is 5.92 Å². The molecule has 0 aromatic heterocycles. The zero-order valence-corrected chi connectivity index (χ0v) is 11.7. The SMILES string of the molecule is C[C@@H](NC(=O)C1CC1)c1ccc(-c2ccccc2)cc1. The molecule has 3 rings (SSSR count). The molecule has 2 aromatic rings. The fourth-order valence-corrected chi connectivity index (χ4v) is 2.35. The Morgan fingerprint density at radius 3 is 2.20 bits per heavy atom. The predicted molar refractivity (Wildman–Crippen MR) is 81.2 cm³/mol. The summed E-state index contributed by atoms with van der Waals surface area (Å²) in [5.74, 6) is 0.464. The van der Waals surface area contributed by atoms with Gasteiger partial charge in [0.2, 0.25) is 5.91 Å². The molecule has 1 fully saturated rings. The second-order valence-corrected chi connectivity index (χ2v) is 5.49. The number of carbonyl (C=O) groups excluding carboxylic acids is 1. The number of hydrogen-bond acceptors (Lipinski definition) is 1. The molecule has 0 bridgehead atoms. The minimum absolute atomic E-state index is 0.0768. The van der Waals surface area contributed by atoms with E-state index in [4.69, 9.17) is 0 Å². The highest BCUT2D eigenvalue weighted by atomic mass is 16.2. The average Bonchev–Trinajstić information content (AvgIpc) is 3.33. The minimum atomic E-state index is 0.0768. The van der Waals surface area contributed by atoms with E-state index in [0.29, 0.717) is 0 Å². The van der Waals surface area contributed by atoms with Crippen LogP contribution in [0.3, 0.4) is 0 Å². The Morgan fingerprint density at radius 1 is 1.00 bits per heavy atom. The molecule has 2 nitrogen and oxygen atoms in total. The van der Waals surface area contributed by atoms with E-state index in [1.807, 2.05) is 25.1 Å². The second-order valence-electron chi connectivity index (χ2n) is 5.49. The summed E-state index contributed by atoms with van der Waals surface area (Å²) in [6.45, 7) is 2.04. The van der Waals surface area contributed by atoms with Crippen LogP contribution in [0.5, 0.6) is 0 Å². The maximum Gasteiger partial charge on any atom is 0.223 e. The van der Waals surface area contributed by atoms with Crippen molar-refractivity contribution in [1.82, 2.24) is 5.32 Å². The van der Waals surface area contributed by atoms with Crippen molar-refractivity contribution < 1.29 is 4.79 Å². The van der Waals surface area contributed by atoms with Gasteiger partial charge in [-0.25, -0.2) is 0 Å². The fraction of sp³-hybridized carbons (Fsp3) is 0.278. The Bertz CT molecular complexity index is 585. The van der Waals surface area contributed by atoms with Crippen LogP contribution >= 0.6 is 0 Å². The molecule has 2 aromatic carbocycles. The van der Waals surface area contributed by atoms with Crippen LogP contribution in [0.1, 0.15) is 31.4 Å². The van der Waals surface area contributed by atoms with E-state index in [1.54, 1.807) is 0 Å². The number of hydrogen-bond donors (Lipinski definition) is 1. The standard InChI is InChI=1S/C18H19NO/c1-13(19-18(20)17-11-12-17)14-7-9-16(10-8-14)15-5-3-2-4-6-15/h2-10,13,17H,11-12H2,1H3,(H,19,20)/t13-/m1/s1. The lowest BCUT2D eigenvalue weighted by Gasteiger charge is -2.14. The summed E-state index contributed by atoms with van der Waals surface area (Å²) >= 11 is 0. The highest BCUT2D eigenvalue weighted by Crippen LogP contribution is 2.30. The van der Waals surface area contributed by atoms with Gasteiger partial charge in [0, 0.05) is 5.92 Å². The molecule has 0 aliphatic heterocycles. The molecular weight excluding hydrogens is 246 g/mol. The van der Waals surface area contributed by atoms with Crippen molar-refractivity contribution in [2.75, 3.05) is 0 Å². The molecule has 1 amide bonds. The van der Waals surface area contributed by atoms with Gasteiger partial charge in [0.1, 0.15) is 0 Å². The van der Waals surface area contributed by atoms with E-state index in [-0.39, 0.29) is 17.9 Å². The van der Waals surface area contributed by atoms with Crippen molar-refractivity contribution in [3.8, 4) is 11.1 Å². The molecule has 1 atom stereocenters. The molecule has 1 saturated carbocycles. The lowest BCUT2D eigenvalue weighted by Crippen LogP contribution is -2.27. The summed E-state index contributed by atoms with van der Waals surface area (Å²) in [6.07, 6.45) is 2.09. The van der Waals surface area contributed by atoms with Crippen LogP contribution in [-0.4, -0.2) is 5.91 Å². The van der Waals surface area contributed by atoms with Crippen molar-refractivity contribution in [1.29, 1.82) is 0 Å². The molecule has 1 aliphatic rings. The quantitative estimate of drug-likeness (QED) is 0.891. The van der Waals surface area contributed by atoms with E-state index >= 15 is 0 Å².